The van der Waals surface area contributed by atoms with Gasteiger partial charge >= 0.3 is 0 Å². The van der Waals surface area contributed by atoms with Crippen LogP contribution in [0.4, 0.5) is 0 Å². The van der Waals surface area contributed by atoms with E-state index in [1.807, 2.05) is 0 Å². The Morgan fingerprint density at radius 2 is 2.00 bits per heavy atom. The zero-order valence-corrected chi connectivity index (χ0v) is 13.0. The van der Waals surface area contributed by atoms with Crippen LogP contribution < -0.4 is 0 Å². The molecule has 0 amide bonds. The van der Waals surface area contributed by atoms with Crippen LogP contribution in [-0.2, 0) is 13.1 Å². The van der Waals surface area contributed by atoms with Crippen molar-refractivity contribution in [3.8, 4) is 0 Å². The van der Waals surface area contributed by atoms with E-state index in [1.54, 1.807) is 0 Å². The van der Waals surface area contributed by atoms with Gasteiger partial charge in [0.1, 0.15) is 0 Å². The van der Waals surface area contributed by atoms with E-state index in [1.165, 1.54) is 29.6 Å². The Labute approximate surface area is 113 Å². The van der Waals surface area contributed by atoms with E-state index in [0.717, 1.165) is 25.3 Å². The van der Waals surface area contributed by atoms with Crippen LogP contribution in [0.15, 0.2) is 4.47 Å². The smallest absolute Gasteiger partial charge is 0.0739 e. The van der Waals surface area contributed by atoms with E-state index in [-0.39, 0.29) is 0 Å². The van der Waals surface area contributed by atoms with E-state index in [2.05, 4.69) is 58.3 Å². The third-order valence-corrected chi connectivity index (χ3v) is 4.13. The van der Waals surface area contributed by atoms with E-state index in [4.69, 9.17) is 0 Å². The minimum absolute atomic E-state index is 0.938. The van der Waals surface area contributed by atoms with Crippen molar-refractivity contribution in [3.05, 3.63) is 15.9 Å². The largest absolute Gasteiger partial charge is 0.298 e. The molecule has 1 aromatic heterocycles. The lowest BCUT2D eigenvalue weighted by atomic mass is 10.3. The normalized spacial score (nSPS) is 11.4. The first-order valence-electron chi connectivity index (χ1n) is 6.58. The SMILES string of the molecule is CCCCN(CC)Cc1c(Br)c(C)nn1CC. The minimum Gasteiger partial charge on any atom is -0.298 e. The van der Waals surface area contributed by atoms with E-state index >= 15 is 0 Å². The van der Waals surface area contributed by atoms with Gasteiger partial charge in [-0.1, -0.05) is 20.3 Å². The molecule has 0 spiro atoms. The molecule has 1 aromatic rings. The van der Waals surface area contributed by atoms with Gasteiger partial charge in [-0.05, 0) is 49.3 Å². The van der Waals surface area contributed by atoms with Gasteiger partial charge in [-0.25, -0.2) is 0 Å². The molecule has 0 aliphatic heterocycles. The Morgan fingerprint density at radius 1 is 1.29 bits per heavy atom. The first kappa shape index (κ1) is 14.7. The summed E-state index contributed by atoms with van der Waals surface area (Å²) >= 11 is 3.66. The first-order valence-corrected chi connectivity index (χ1v) is 7.37. The number of aromatic nitrogens is 2. The average molecular weight is 302 g/mol. The van der Waals surface area contributed by atoms with Crippen molar-refractivity contribution in [2.45, 2.75) is 53.6 Å². The van der Waals surface area contributed by atoms with Crippen LogP contribution in [0.1, 0.15) is 45.0 Å². The second-order valence-corrected chi connectivity index (χ2v) is 5.18. The summed E-state index contributed by atoms with van der Waals surface area (Å²) < 4.78 is 3.28. The van der Waals surface area contributed by atoms with Crippen molar-refractivity contribution in [3.63, 3.8) is 0 Å². The zero-order chi connectivity index (χ0) is 12.8. The topological polar surface area (TPSA) is 21.1 Å². The van der Waals surface area contributed by atoms with Crippen LogP contribution in [0, 0.1) is 6.92 Å². The number of nitrogens with zero attached hydrogens (tertiary/aromatic N) is 3. The van der Waals surface area contributed by atoms with Gasteiger partial charge in [0, 0.05) is 13.1 Å². The van der Waals surface area contributed by atoms with Gasteiger partial charge in [-0.3, -0.25) is 9.58 Å². The summed E-state index contributed by atoms with van der Waals surface area (Å²) in [5, 5.41) is 4.54. The Hall–Kier alpha value is -0.350. The van der Waals surface area contributed by atoms with Crippen LogP contribution in [0.5, 0.6) is 0 Å². The summed E-state index contributed by atoms with van der Waals surface area (Å²) in [6.07, 6.45) is 2.52. The van der Waals surface area contributed by atoms with E-state index < -0.39 is 0 Å². The molecular formula is C13H24BrN3. The molecule has 4 heteroatoms. The lowest BCUT2D eigenvalue weighted by molar-refractivity contribution is 0.266. The van der Waals surface area contributed by atoms with Crippen molar-refractivity contribution in [1.82, 2.24) is 14.7 Å². The van der Waals surface area contributed by atoms with E-state index in [0.29, 0.717) is 0 Å². The van der Waals surface area contributed by atoms with Crippen molar-refractivity contribution >= 4 is 15.9 Å². The van der Waals surface area contributed by atoms with Gasteiger partial charge in [0.05, 0.1) is 15.9 Å². The van der Waals surface area contributed by atoms with Crippen molar-refractivity contribution in [2.75, 3.05) is 13.1 Å². The number of hydrogen-bond acceptors (Lipinski definition) is 2. The van der Waals surface area contributed by atoms with Gasteiger partial charge in [0.2, 0.25) is 0 Å². The summed E-state index contributed by atoms with van der Waals surface area (Å²) in [7, 11) is 0. The Balaban J connectivity index is 2.77. The fourth-order valence-electron chi connectivity index (χ4n) is 1.96. The van der Waals surface area contributed by atoms with Gasteiger partial charge in [0.25, 0.3) is 0 Å². The quantitative estimate of drug-likeness (QED) is 0.767. The number of halogens is 1. The number of unbranched alkanes of at least 4 members (excludes halogenated alkanes) is 1. The molecule has 0 unspecified atom stereocenters. The predicted octanol–water partition coefficient (Wildman–Crippen LogP) is 3.60. The predicted molar refractivity (Wildman–Crippen MR) is 76.2 cm³/mol. The molecule has 0 fully saturated rings. The molecule has 1 heterocycles. The molecule has 0 aromatic carbocycles. The van der Waals surface area contributed by atoms with Crippen molar-refractivity contribution in [1.29, 1.82) is 0 Å². The van der Waals surface area contributed by atoms with E-state index in [9.17, 15) is 0 Å². The van der Waals surface area contributed by atoms with Gasteiger partial charge in [-0.2, -0.15) is 5.10 Å². The molecule has 0 atom stereocenters. The highest BCUT2D eigenvalue weighted by Crippen LogP contribution is 2.22. The molecule has 17 heavy (non-hydrogen) atoms. The molecule has 1 rings (SSSR count). The highest BCUT2D eigenvalue weighted by atomic mass is 79.9. The molecule has 0 aliphatic carbocycles. The number of rotatable bonds is 7. The van der Waals surface area contributed by atoms with Crippen LogP contribution in [-0.4, -0.2) is 27.8 Å². The molecule has 3 nitrogen and oxygen atoms in total. The van der Waals surface area contributed by atoms with Gasteiger partial charge < -0.3 is 0 Å². The Kier molecular flexibility index (Phi) is 6.20. The summed E-state index contributed by atoms with van der Waals surface area (Å²) in [6.45, 7) is 12.9. The van der Waals surface area contributed by atoms with Crippen LogP contribution in [0.2, 0.25) is 0 Å². The molecule has 0 saturated heterocycles. The number of hydrogen-bond donors (Lipinski definition) is 0. The molecule has 98 valence electrons. The average Bonchev–Trinajstić information content (AvgIpc) is 2.61. The van der Waals surface area contributed by atoms with Crippen LogP contribution in [0.25, 0.3) is 0 Å². The fourth-order valence-corrected chi connectivity index (χ4v) is 2.37. The molecule has 0 radical (unpaired) electrons. The summed E-state index contributed by atoms with van der Waals surface area (Å²) in [5.41, 5.74) is 2.40. The maximum Gasteiger partial charge on any atom is 0.0739 e. The van der Waals surface area contributed by atoms with Gasteiger partial charge in [0.15, 0.2) is 0 Å². The fraction of sp³-hybridized carbons (Fsp3) is 0.769. The molecular weight excluding hydrogens is 278 g/mol. The molecule has 0 bridgehead atoms. The number of aryl methyl sites for hydroxylation is 2. The zero-order valence-electron chi connectivity index (χ0n) is 11.5. The lowest BCUT2D eigenvalue weighted by Gasteiger charge is -2.20. The maximum atomic E-state index is 4.54. The standard InChI is InChI=1S/C13H24BrN3/c1-5-8-9-16(6-2)10-12-13(14)11(4)15-17(12)7-3/h5-10H2,1-4H3. The minimum atomic E-state index is 0.938. The van der Waals surface area contributed by atoms with Crippen molar-refractivity contribution < 1.29 is 0 Å². The third-order valence-electron chi connectivity index (χ3n) is 3.10. The maximum absolute atomic E-state index is 4.54. The van der Waals surface area contributed by atoms with Gasteiger partial charge in [-0.15, -0.1) is 0 Å². The summed E-state index contributed by atoms with van der Waals surface area (Å²) in [4.78, 5) is 2.48. The summed E-state index contributed by atoms with van der Waals surface area (Å²) in [5.74, 6) is 0. The molecule has 0 aliphatic rings. The highest BCUT2D eigenvalue weighted by molar-refractivity contribution is 9.10. The summed E-state index contributed by atoms with van der Waals surface area (Å²) in [6, 6.07) is 0. The Morgan fingerprint density at radius 3 is 2.53 bits per heavy atom. The highest BCUT2D eigenvalue weighted by Gasteiger charge is 2.14. The van der Waals surface area contributed by atoms with Crippen molar-refractivity contribution in [2.24, 2.45) is 0 Å². The lowest BCUT2D eigenvalue weighted by Crippen LogP contribution is -2.25. The molecule has 0 N–H and O–H groups in total. The third kappa shape index (κ3) is 3.81. The monoisotopic (exact) mass is 301 g/mol. The first-order chi connectivity index (χ1) is 8.13. The second kappa shape index (κ2) is 7.17. The second-order valence-electron chi connectivity index (χ2n) is 4.38. The Bertz CT molecular complexity index is 347. The van der Waals surface area contributed by atoms with Crippen LogP contribution in [0.3, 0.4) is 0 Å². The molecule has 0 saturated carbocycles. The van der Waals surface area contributed by atoms with Crippen LogP contribution >= 0.6 is 15.9 Å².